The normalized spacial score (nSPS) is 16.8. The van der Waals surface area contributed by atoms with Gasteiger partial charge in [0.05, 0.1) is 22.1 Å². The van der Waals surface area contributed by atoms with Gasteiger partial charge in [-0.25, -0.2) is 4.98 Å². The largest absolute Gasteiger partial charge is 0.350 e. The first-order valence-corrected chi connectivity index (χ1v) is 12.3. The summed E-state index contributed by atoms with van der Waals surface area (Å²) in [5.41, 5.74) is 4.84. The summed E-state index contributed by atoms with van der Waals surface area (Å²) in [4.78, 5) is 33.1. The zero-order valence-corrected chi connectivity index (χ0v) is 21.3. The Hall–Kier alpha value is -2.25. The predicted molar refractivity (Wildman–Crippen MR) is 133 cm³/mol. The standard InChI is InChI=1S/C23H32N4O2S.C2H6/c1-15-19(30-14-26-15)17-10-8-16(9-11-17)13-25-21(28)18-7-6-12-27(18)22(29)20(24-5)23(2,3)4;1-2/h8-11,14,18,20,24H,6-7,12-13H2,1-5H3,(H,25,28);1-2H3. The van der Waals surface area contributed by atoms with Crippen molar-refractivity contribution >= 4 is 23.2 Å². The quantitative estimate of drug-likeness (QED) is 0.673. The molecule has 2 aromatic rings. The van der Waals surface area contributed by atoms with Gasteiger partial charge in [-0.1, -0.05) is 58.9 Å². The minimum absolute atomic E-state index is 0.00642. The van der Waals surface area contributed by atoms with Crippen molar-refractivity contribution in [3.8, 4) is 10.4 Å². The lowest BCUT2D eigenvalue weighted by Crippen LogP contribution is -2.55. The Morgan fingerprint density at radius 3 is 2.41 bits per heavy atom. The number of likely N-dealkylation sites (tertiary alicyclic amines) is 1. The van der Waals surface area contributed by atoms with Crippen LogP contribution < -0.4 is 10.6 Å². The summed E-state index contributed by atoms with van der Waals surface area (Å²) in [6.07, 6.45) is 1.56. The molecule has 2 unspecified atom stereocenters. The highest BCUT2D eigenvalue weighted by molar-refractivity contribution is 7.13. The van der Waals surface area contributed by atoms with Crippen molar-refractivity contribution in [2.75, 3.05) is 13.6 Å². The molecule has 1 aromatic carbocycles. The molecule has 1 aliphatic heterocycles. The number of likely N-dealkylation sites (N-methyl/N-ethyl adjacent to an activating group) is 1. The minimum atomic E-state index is -0.394. The van der Waals surface area contributed by atoms with E-state index in [1.807, 2.05) is 59.2 Å². The van der Waals surface area contributed by atoms with Gasteiger partial charge in [0, 0.05) is 13.1 Å². The second-order valence-electron chi connectivity index (χ2n) is 8.96. The maximum Gasteiger partial charge on any atom is 0.243 e. The molecule has 1 aliphatic rings. The van der Waals surface area contributed by atoms with Crippen LogP contribution in [0.3, 0.4) is 0 Å². The zero-order chi connectivity index (χ0) is 23.9. The van der Waals surface area contributed by atoms with Crippen LogP contribution in [0.1, 0.15) is 58.7 Å². The first-order chi connectivity index (χ1) is 15.2. The van der Waals surface area contributed by atoms with Crippen molar-refractivity contribution in [3.05, 3.63) is 41.0 Å². The Labute approximate surface area is 196 Å². The van der Waals surface area contributed by atoms with E-state index in [-0.39, 0.29) is 23.3 Å². The number of carbonyl (C=O) groups is 2. The van der Waals surface area contributed by atoms with Gasteiger partial charge in [-0.05, 0) is 43.4 Å². The first kappa shape index (κ1) is 26.0. The van der Waals surface area contributed by atoms with Crippen molar-refractivity contribution in [1.29, 1.82) is 0 Å². The summed E-state index contributed by atoms with van der Waals surface area (Å²) in [5.74, 6) is -0.0704. The highest BCUT2D eigenvalue weighted by Crippen LogP contribution is 2.28. The number of nitrogens with one attached hydrogen (secondary N) is 2. The van der Waals surface area contributed by atoms with E-state index in [4.69, 9.17) is 0 Å². The number of amides is 2. The summed E-state index contributed by atoms with van der Waals surface area (Å²) >= 11 is 1.63. The molecule has 6 nitrogen and oxygen atoms in total. The Kier molecular flexibility index (Phi) is 9.40. The number of thiazole rings is 1. The fourth-order valence-corrected chi connectivity index (χ4v) is 4.87. The maximum atomic E-state index is 13.1. The molecule has 0 saturated carbocycles. The van der Waals surface area contributed by atoms with Gasteiger partial charge in [0.2, 0.25) is 11.8 Å². The van der Waals surface area contributed by atoms with Gasteiger partial charge in [-0.15, -0.1) is 11.3 Å². The number of rotatable bonds is 6. The number of carbonyl (C=O) groups excluding carboxylic acids is 2. The predicted octanol–water partition coefficient (Wildman–Crippen LogP) is 4.39. The molecule has 2 amide bonds. The summed E-state index contributed by atoms with van der Waals surface area (Å²) in [6, 6.07) is 7.48. The molecule has 1 saturated heterocycles. The van der Waals surface area contributed by atoms with Gasteiger partial charge < -0.3 is 15.5 Å². The Balaban J connectivity index is 0.00000176. The average molecular weight is 459 g/mol. The lowest BCUT2D eigenvalue weighted by molar-refractivity contribution is -0.142. The fraction of sp³-hybridized carbons (Fsp3) is 0.560. The highest BCUT2D eigenvalue weighted by atomic mass is 32.1. The van der Waals surface area contributed by atoms with Crippen molar-refractivity contribution in [2.24, 2.45) is 5.41 Å². The van der Waals surface area contributed by atoms with Crippen LogP contribution in [-0.2, 0) is 16.1 Å². The van der Waals surface area contributed by atoms with Crippen molar-refractivity contribution in [2.45, 2.75) is 73.0 Å². The van der Waals surface area contributed by atoms with E-state index in [1.165, 1.54) is 4.88 Å². The van der Waals surface area contributed by atoms with Gasteiger partial charge in [-0.2, -0.15) is 0 Å². The first-order valence-electron chi connectivity index (χ1n) is 11.5. The van der Waals surface area contributed by atoms with E-state index in [0.29, 0.717) is 19.5 Å². The van der Waals surface area contributed by atoms with Crippen LogP contribution in [0.15, 0.2) is 29.8 Å². The van der Waals surface area contributed by atoms with Crippen LogP contribution in [0, 0.1) is 12.3 Å². The molecule has 1 aromatic heterocycles. The minimum Gasteiger partial charge on any atom is -0.350 e. The van der Waals surface area contributed by atoms with E-state index < -0.39 is 6.04 Å². The smallest absolute Gasteiger partial charge is 0.243 e. The number of aromatic nitrogens is 1. The summed E-state index contributed by atoms with van der Waals surface area (Å²) in [6.45, 7) is 13.2. The number of nitrogens with zero attached hydrogens (tertiary/aromatic N) is 2. The van der Waals surface area contributed by atoms with Crippen LogP contribution in [-0.4, -0.2) is 47.4 Å². The van der Waals surface area contributed by atoms with Crippen LogP contribution in [0.4, 0.5) is 0 Å². The van der Waals surface area contributed by atoms with Gasteiger partial charge >= 0.3 is 0 Å². The molecule has 0 bridgehead atoms. The average Bonchev–Trinajstić information content (AvgIpc) is 3.42. The SMILES string of the molecule is CC.CNC(C(=O)N1CCCC1C(=O)NCc1ccc(-c2scnc2C)cc1)C(C)(C)C. The number of hydrogen-bond acceptors (Lipinski definition) is 5. The molecule has 1 fully saturated rings. The number of aryl methyl sites for hydroxylation is 1. The van der Waals surface area contributed by atoms with Crippen molar-refractivity contribution in [3.63, 3.8) is 0 Å². The van der Waals surface area contributed by atoms with Crippen LogP contribution in [0.5, 0.6) is 0 Å². The molecule has 0 aliphatic carbocycles. The van der Waals surface area contributed by atoms with Crippen molar-refractivity contribution < 1.29 is 9.59 Å². The Bertz CT molecular complexity index is 886. The molecule has 2 heterocycles. The maximum absolute atomic E-state index is 13.1. The lowest BCUT2D eigenvalue weighted by atomic mass is 9.86. The van der Waals surface area contributed by atoms with E-state index in [1.54, 1.807) is 23.3 Å². The topological polar surface area (TPSA) is 74.3 Å². The summed E-state index contributed by atoms with van der Waals surface area (Å²) in [7, 11) is 1.80. The molecular formula is C25H38N4O2S. The third-order valence-corrected chi connectivity index (χ3v) is 6.65. The molecule has 7 heteroatoms. The monoisotopic (exact) mass is 458 g/mol. The second kappa shape index (κ2) is 11.6. The molecule has 176 valence electrons. The number of hydrogen-bond donors (Lipinski definition) is 2. The molecule has 0 spiro atoms. The van der Waals surface area contributed by atoms with Crippen LogP contribution in [0.25, 0.3) is 10.4 Å². The fourth-order valence-electron chi connectivity index (χ4n) is 4.06. The molecule has 32 heavy (non-hydrogen) atoms. The third-order valence-electron chi connectivity index (χ3n) is 5.67. The second-order valence-corrected chi connectivity index (χ2v) is 9.81. The van der Waals surface area contributed by atoms with Crippen LogP contribution >= 0.6 is 11.3 Å². The molecule has 0 radical (unpaired) electrons. The molecule has 3 rings (SSSR count). The van der Waals surface area contributed by atoms with Crippen LogP contribution in [0.2, 0.25) is 0 Å². The van der Waals surface area contributed by atoms with Gasteiger partial charge in [0.25, 0.3) is 0 Å². The lowest BCUT2D eigenvalue weighted by Gasteiger charge is -2.34. The molecular weight excluding hydrogens is 420 g/mol. The number of benzene rings is 1. The highest BCUT2D eigenvalue weighted by Gasteiger charge is 2.40. The van der Waals surface area contributed by atoms with E-state index in [9.17, 15) is 9.59 Å². The summed E-state index contributed by atoms with van der Waals surface area (Å²) in [5, 5.41) is 6.15. The van der Waals surface area contributed by atoms with Gasteiger partial charge in [-0.3, -0.25) is 9.59 Å². The van der Waals surface area contributed by atoms with Gasteiger partial charge in [0.1, 0.15) is 6.04 Å². The molecule has 2 atom stereocenters. The van der Waals surface area contributed by atoms with E-state index in [0.717, 1.165) is 23.2 Å². The molecule has 2 N–H and O–H groups in total. The van der Waals surface area contributed by atoms with Gasteiger partial charge in [0.15, 0.2) is 0 Å². The Morgan fingerprint density at radius 2 is 1.88 bits per heavy atom. The zero-order valence-electron chi connectivity index (χ0n) is 20.5. The van der Waals surface area contributed by atoms with E-state index >= 15 is 0 Å². The third kappa shape index (κ3) is 6.17. The van der Waals surface area contributed by atoms with Crippen molar-refractivity contribution in [1.82, 2.24) is 20.5 Å². The van der Waals surface area contributed by atoms with E-state index in [2.05, 4.69) is 27.8 Å². The summed E-state index contributed by atoms with van der Waals surface area (Å²) < 4.78 is 0. The Morgan fingerprint density at radius 1 is 1.22 bits per heavy atom.